The number of fused-ring (bicyclic) bond motifs is 7. The van der Waals surface area contributed by atoms with Crippen molar-refractivity contribution in [2.45, 2.75) is 30.3 Å². The molecule has 2 aromatic heterocycles. The maximum atomic E-state index is 15.3. The molecule has 2 bridgehead atoms. The van der Waals surface area contributed by atoms with Gasteiger partial charge in [0.25, 0.3) is 0 Å². The predicted octanol–water partition coefficient (Wildman–Crippen LogP) is 3.06. The molecule has 19 N–H and O–H groups in total. The first-order valence-corrected chi connectivity index (χ1v) is 24.5. The first-order valence-electron chi connectivity index (χ1n) is 24.5. The average molecular weight is 1220 g/mol. The van der Waals surface area contributed by atoms with Crippen LogP contribution < -0.4 is 11.3 Å². The third-order valence-electron chi connectivity index (χ3n) is 15.0. The van der Waals surface area contributed by atoms with E-state index in [2.05, 4.69) is 0 Å². The molecule has 0 radical (unpaired) electrons. The van der Waals surface area contributed by atoms with Crippen LogP contribution in [0.2, 0.25) is 0 Å². The number of benzene rings is 7. The molecule has 0 saturated carbocycles. The maximum absolute atomic E-state index is 15.3. The molecule has 33 nitrogen and oxygen atoms in total. The Morgan fingerprint density at radius 3 is 1.38 bits per heavy atom. The molecule has 3 aliphatic heterocycles. The minimum Gasteiger partial charge on any atom is -0.504 e. The fourth-order valence-corrected chi connectivity index (χ4v) is 11.1. The monoisotopic (exact) mass is 1220 g/mol. The number of hydrogen-bond acceptors (Lipinski definition) is 33. The Hall–Kier alpha value is -13.0. The molecule has 12 rings (SSSR count). The van der Waals surface area contributed by atoms with Gasteiger partial charge in [0.2, 0.25) is 34.5 Å². The van der Waals surface area contributed by atoms with Crippen molar-refractivity contribution >= 4 is 62.6 Å². The van der Waals surface area contributed by atoms with Crippen LogP contribution in [-0.2, 0) is 23.7 Å². The molecule has 0 fully saturated rings. The number of aromatic hydroxyl groups is 19. The molecule has 0 amide bonds. The quantitative estimate of drug-likeness (QED) is 0.0396. The van der Waals surface area contributed by atoms with Crippen LogP contribution >= 0.6 is 0 Å². The minimum absolute atomic E-state index is 0.242. The zero-order valence-corrected chi connectivity index (χ0v) is 42.8. The molecule has 0 spiro atoms. The molecule has 33 heteroatoms. The Labute approximate surface area is 479 Å². The van der Waals surface area contributed by atoms with Crippen LogP contribution in [0.3, 0.4) is 0 Å². The third-order valence-corrected chi connectivity index (χ3v) is 15.0. The van der Waals surface area contributed by atoms with E-state index in [1.54, 1.807) is 0 Å². The van der Waals surface area contributed by atoms with E-state index < -0.39 is 281 Å². The second-order valence-corrected chi connectivity index (χ2v) is 19.7. The SMILES string of the molecule is O=C(OC1COC(=O)c2cc(O)c(O)c(O)c2-c2c(cc(O)c(O)c2O)C(=O)OC1C1OC(=O)c2cc(O)c(O)c(O)c2-c2c(O)c(O)c(O)c3c2C(=O)OC1C3c1c(O)c(O)c2oc(=O)c3cc(O)c(O)c4oc(=O)c1c2c43)c1cc(O)c(O)c(O)c1. The van der Waals surface area contributed by atoms with E-state index >= 15 is 14.4 Å². The molecule has 9 aromatic rings. The molecular weight excluding hydrogens is 1190 g/mol. The van der Waals surface area contributed by atoms with Crippen molar-refractivity contribution in [1.29, 1.82) is 0 Å². The number of rotatable bonds is 4. The lowest BCUT2D eigenvalue weighted by Gasteiger charge is -2.43. The summed E-state index contributed by atoms with van der Waals surface area (Å²) in [4.78, 5) is 103. The summed E-state index contributed by atoms with van der Waals surface area (Å²) >= 11 is 0. The van der Waals surface area contributed by atoms with Crippen molar-refractivity contribution in [3.63, 3.8) is 0 Å². The van der Waals surface area contributed by atoms with E-state index in [1.807, 2.05) is 0 Å². The normalized spacial score (nSPS) is 18.2. The number of ether oxygens (including phenoxy) is 5. The molecule has 5 heterocycles. The van der Waals surface area contributed by atoms with Gasteiger partial charge in [-0.05, 0) is 36.4 Å². The lowest BCUT2D eigenvalue weighted by Crippen LogP contribution is -2.56. The zero-order valence-electron chi connectivity index (χ0n) is 42.8. The van der Waals surface area contributed by atoms with Crippen LogP contribution in [-0.4, -0.2) is 158 Å². The Kier molecular flexibility index (Phi) is 11.9. The molecule has 0 aliphatic carbocycles. The lowest BCUT2D eigenvalue weighted by atomic mass is 9.73. The van der Waals surface area contributed by atoms with Crippen molar-refractivity contribution in [2.75, 3.05) is 6.61 Å². The van der Waals surface area contributed by atoms with Gasteiger partial charge < -0.3 is 130 Å². The largest absolute Gasteiger partial charge is 0.504 e. The standard InChI is InChI=1S/C55H32O33/c56-13-1-8(2-14(57)31(13)62)49(75)83-19-7-82-50(76)9-3-15(58)32(63)36(67)20(9)21-10(4-16(59)33(64)37(21)68)51(77)84-44(19)48-47-28(26-30-27-23-12(53(79)85-46(27)43(74)41(26)72)6-18(61)35(66)45(23)86-55(30)81)25-29(54(80)87-47)24(39(70)42(73)40(25)71)22-11(52(78)88-48)5-17(60)34(65)38(22)69/h1-6,19,28,44,47-48,56-74H,7H2. The molecule has 5 unspecified atom stereocenters. The van der Waals surface area contributed by atoms with Gasteiger partial charge in [-0.3, -0.25) is 0 Å². The minimum atomic E-state index is -3.17. The van der Waals surface area contributed by atoms with Crippen LogP contribution in [0, 0.1) is 0 Å². The average Bonchev–Trinajstić information content (AvgIpc) is 0.719. The summed E-state index contributed by atoms with van der Waals surface area (Å²) in [6.07, 6.45) is -12.2. The molecule has 3 aliphatic rings. The molecular formula is C55H32O33. The van der Waals surface area contributed by atoms with Gasteiger partial charge in [-0.15, -0.1) is 0 Å². The first-order chi connectivity index (χ1) is 41.5. The topological polar surface area (TPSA) is 576 Å². The smallest absolute Gasteiger partial charge is 0.344 e. The van der Waals surface area contributed by atoms with Crippen molar-refractivity contribution in [3.05, 3.63) is 96.2 Å². The van der Waals surface area contributed by atoms with Crippen molar-refractivity contribution in [2.24, 2.45) is 0 Å². The third kappa shape index (κ3) is 7.55. The number of esters is 5. The summed E-state index contributed by atoms with van der Waals surface area (Å²) in [5.41, 5.74) is -19.5. The summed E-state index contributed by atoms with van der Waals surface area (Å²) in [5, 5.41) is 209. The Morgan fingerprint density at radius 1 is 0.375 bits per heavy atom. The lowest BCUT2D eigenvalue weighted by molar-refractivity contribution is -0.135. The van der Waals surface area contributed by atoms with E-state index in [9.17, 15) is 116 Å². The summed E-state index contributed by atoms with van der Waals surface area (Å²) in [7, 11) is 0. The van der Waals surface area contributed by atoms with Crippen molar-refractivity contribution in [1.82, 2.24) is 0 Å². The molecule has 5 atom stereocenters. The van der Waals surface area contributed by atoms with Crippen LogP contribution in [0.25, 0.3) is 55.0 Å². The van der Waals surface area contributed by atoms with Gasteiger partial charge >= 0.3 is 41.1 Å². The van der Waals surface area contributed by atoms with Gasteiger partial charge in [0, 0.05) is 44.2 Å². The maximum Gasteiger partial charge on any atom is 0.344 e. The van der Waals surface area contributed by atoms with Gasteiger partial charge in [0.1, 0.15) is 6.61 Å². The predicted molar refractivity (Wildman–Crippen MR) is 278 cm³/mol. The van der Waals surface area contributed by atoms with Gasteiger partial charge in [-0.2, -0.15) is 0 Å². The highest BCUT2D eigenvalue weighted by Gasteiger charge is 2.56. The highest BCUT2D eigenvalue weighted by molar-refractivity contribution is 6.23. The highest BCUT2D eigenvalue weighted by Crippen LogP contribution is 2.62. The van der Waals surface area contributed by atoms with E-state index in [0.29, 0.717) is 24.3 Å². The second kappa shape index (κ2) is 18.8. The van der Waals surface area contributed by atoms with Crippen LogP contribution in [0.15, 0.2) is 54.8 Å². The van der Waals surface area contributed by atoms with Crippen molar-refractivity contribution in [3.8, 4) is 131 Å². The highest BCUT2D eigenvalue weighted by atomic mass is 16.6. The molecule has 88 heavy (non-hydrogen) atoms. The summed E-state index contributed by atoms with van der Waals surface area (Å²) in [5.74, 6) is -41.1. The van der Waals surface area contributed by atoms with Crippen molar-refractivity contribution < 1.29 is 154 Å². The second-order valence-electron chi connectivity index (χ2n) is 19.7. The van der Waals surface area contributed by atoms with Crippen LogP contribution in [0.5, 0.6) is 109 Å². The fraction of sp³-hybridized carbons (Fsp3) is 0.109. The van der Waals surface area contributed by atoms with Crippen LogP contribution in [0.1, 0.15) is 68.8 Å². The van der Waals surface area contributed by atoms with Gasteiger partial charge in [-0.1, -0.05) is 0 Å². The Bertz CT molecular complexity index is 4850. The van der Waals surface area contributed by atoms with E-state index in [1.165, 1.54) is 0 Å². The number of carbonyl (C=O) groups excluding carboxylic acids is 5. The number of hydrogen-bond donors (Lipinski definition) is 19. The molecule has 7 aromatic carbocycles. The van der Waals surface area contributed by atoms with Crippen LogP contribution in [0.4, 0.5) is 0 Å². The number of cyclic esters (lactones) is 3. The van der Waals surface area contributed by atoms with Gasteiger partial charge in [0.05, 0.1) is 44.5 Å². The number of carbonyl (C=O) groups is 5. The summed E-state index contributed by atoms with van der Waals surface area (Å²) < 4.78 is 39.7. The van der Waals surface area contributed by atoms with Gasteiger partial charge in [0.15, 0.2) is 110 Å². The Morgan fingerprint density at radius 2 is 0.818 bits per heavy atom. The Balaban J connectivity index is 1.23. The fourth-order valence-electron chi connectivity index (χ4n) is 11.1. The van der Waals surface area contributed by atoms with E-state index in [4.69, 9.17) is 32.5 Å². The zero-order chi connectivity index (χ0) is 63.6. The number of phenols is 19. The van der Waals surface area contributed by atoms with Gasteiger partial charge in [-0.25, -0.2) is 33.6 Å². The van der Waals surface area contributed by atoms with E-state index in [-0.39, 0.29) is 12.1 Å². The summed E-state index contributed by atoms with van der Waals surface area (Å²) in [6.45, 7) is -1.71. The molecule has 450 valence electrons. The molecule has 0 saturated heterocycles. The summed E-state index contributed by atoms with van der Waals surface area (Å²) in [6, 6.07) is 2.32. The number of phenolic OH excluding ortho intramolecular Hbond substituents is 19. The first kappa shape index (κ1) is 55.6. The van der Waals surface area contributed by atoms with E-state index in [0.717, 1.165) is 0 Å².